The number of anilines is 1. The van der Waals surface area contributed by atoms with Crippen LogP contribution in [0.3, 0.4) is 0 Å². The zero-order valence-corrected chi connectivity index (χ0v) is 15.7. The minimum absolute atomic E-state index is 0.0439. The van der Waals surface area contributed by atoms with Crippen molar-refractivity contribution in [3.05, 3.63) is 46.0 Å². The molecule has 1 amide bonds. The fourth-order valence-corrected chi connectivity index (χ4v) is 3.45. The topological polar surface area (TPSA) is 84.2 Å². The van der Waals surface area contributed by atoms with Crippen molar-refractivity contribution in [2.45, 2.75) is 37.6 Å². The lowest BCUT2D eigenvalue weighted by molar-refractivity contribution is 0.0680. The van der Waals surface area contributed by atoms with E-state index in [0.29, 0.717) is 30.5 Å². The van der Waals surface area contributed by atoms with Crippen LogP contribution < -0.4 is 10.5 Å². The van der Waals surface area contributed by atoms with E-state index in [1.165, 1.54) is 0 Å². The Labute approximate surface area is 157 Å². The Hall–Kier alpha value is -2.77. The van der Waals surface area contributed by atoms with Gasteiger partial charge in [0.25, 0.3) is 11.5 Å². The second-order valence-corrected chi connectivity index (χ2v) is 7.51. The van der Waals surface area contributed by atoms with Crippen LogP contribution in [0.4, 0.5) is 5.82 Å². The third-order valence-corrected chi connectivity index (χ3v) is 5.27. The van der Waals surface area contributed by atoms with Gasteiger partial charge in [0.1, 0.15) is 0 Å². The number of hydrogen-bond donors (Lipinski definition) is 0. The molecule has 0 atom stereocenters. The molecule has 8 heteroatoms. The van der Waals surface area contributed by atoms with E-state index in [2.05, 4.69) is 15.3 Å². The molecule has 2 aliphatic rings. The zero-order valence-electron chi connectivity index (χ0n) is 15.7. The molecule has 2 fully saturated rings. The molecule has 1 saturated heterocycles. The van der Waals surface area contributed by atoms with Crippen LogP contribution in [0.5, 0.6) is 0 Å². The lowest BCUT2D eigenvalue weighted by Gasteiger charge is -2.32. The quantitative estimate of drug-likeness (QED) is 0.812. The van der Waals surface area contributed by atoms with Crippen LogP contribution in [-0.4, -0.2) is 58.0 Å². The van der Waals surface area contributed by atoms with E-state index in [1.807, 2.05) is 25.1 Å². The Morgan fingerprint density at radius 2 is 1.78 bits per heavy atom. The number of carbonyl (C=O) groups is 1. The van der Waals surface area contributed by atoms with Crippen LogP contribution in [0.1, 0.15) is 53.8 Å². The first-order valence-electron chi connectivity index (χ1n) is 9.43. The van der Waals surface area contributed by atoms with E-state index < -0.39 is 0 Å². The molecule has 1 aliphatic heterocycles. The molecule has 8 nitrogen and oxygen atoms in total. The molecule has 0 spiro atoms. The lowest BCUT2D eigenvalue weighted by atomic mass is 10.0. The summed E-state index contributed by atoms with van der Waals surface area (Å²) in [5.74, 6) is 1.12. The average Bonchev–Trinajstić information content (AvgIpc) is 3.53. The van der Waals surface area contributed by atoms with Crippen LogP contribution in [-0.2, 0) is 0 Å². The minimum atomic E-state index is -0.113. The fourth-order valence-electron chi connectivity index (χ4n) is 3.45. The summed E-state index contributed by atoms with van der Waals surface area (Å²) in [6.07, 6.45) is 3.75. The van der Waals surface area contributed by atoms with E-state index in [-0.39, 0.29) is 17.5 Å². The van der Waals surface area contributed by atoms with Gasteiger partial charge in [0, 0.05) is 39.2 Å². The van der Waals surface area contributed by atoms with Gasteiger partial charge < -0.3 is 9.80 Å². The SMILES string of the molecule is CN(C)c1ccc(C(=O)N2CCC(n3nc(C4CC4)ccc3=O)CC2)nn1. The highest BCUT2D eigenvalue weighted by Gasteiger charge is 2.29. The maximum absolute atomic E-state index is 12.7. The van der Waals surface area contributed by atoms with Gasteiger partial charge in [-0.2, -0.15) is 5.10 Å². The van der Waals surface area contributed by atoms with Crippen molar-refractivity contribution in [1.29, 1.82) is 0 Å². The normalized spacial score (nSPS) is 17.8. The molecule has 0 bridgehead atoms. The van der Waals surface area contributed by atoms with Gasteiger partial charge in [0.05, 0.1) is 11.7 Å². The predicted octanol–water partition coefficient (Wildman–Crippen LogP) is 1.45. The summed E-state index contributed by atoms with van der Waals surface area (Å²) in [6.45, 7) is 1.17. The van der Waals surface area contributed by atoms with Crippen molar-refractivity contribution in [3.63, 3.8) is 0 Å². The van der Waals surface area contributed by atoms with Gasteiger partial charge in [0.2, 0.25) is 0 Å². The summed E-state index contributed by atoms with van der Waals surface area (Å²) >= 11 is 0. The summed E-state index contributed by atoms with van der Waals surface area (Å²) in [5, 5.41) is 12.7. The number of hydrogen-bond acceptors (Lipinski definition) is 6. The third-order valence-electron chi connectivity index (χ3n) is 5.27. The number of rotatable bonds is 4. The molecular weight excluding hydrogens is 344 g/mol. The highest BCUT2D eigenvalue weighted by Crippen LogP contribution is 2.38. The Bertz CT molecular complexity index is 880. The molecule has 1 aliphatic carbocycles. The van der Waals surface area contributed by atoms with Crippen LogP contribution in [0, 0.1) is 0 Å². The van der Waals surface area contributed by atoms with Gasteiger partial charge in [-0.05, 0) is 43.9 Å². The van der Waals surface area contributed by atoms with Gasteiger partial charge in [-0.15, -0.1) is 10.2 Å². The minimum Gasteiger partial charge on any atom is -0.361 e. The Balaban J connectivity index is 1.42. The van der Waals surface area contributed by atoms with Crippen molar-refractivity contribution in [3.8, 4) is 0 Å². The summed E-state index contributed by atoms with van der Waals surface area (Å²) < 4.78 is 1.63. The number of likely N-dealkylation sites (tertiary alicyclic amines) is 1. The molecular formula is C19H24N6O2. The third kappa shape index (κ3) is 3.70. The maximum atomic E-state index is 12.7. The van der Waals surface area contributed by atoms with E-state index in [9.17, 15) is 9.59 Å². The molecule has 2 aromatic rings. The monoisotopic (exact) mass is 368 g/mol. The lowest BCUT2D eigenvalue weighted by Crippen LogP contribution is -2.41. The van der Waals surface area contributed by atoms with Crippen molar-refractivity contribution in [2.75, 3.05) is 32.1 Å². The molecule has 0 aromatic carbocycles. The summed E-state index contributed by atoms with van der Waals surface area (Å²) in [6, 6.07) is 7.02. The Kier molecular flexibility index (Phi) is 4.63. The smallest absolute Gasteiger partial charge is 0.274 e. The molecule has 2 aromatic heterocycles. The molecule has 27 heavy (non-hydrogen) atoms. The number of carbonyl (C=O) groups excluding carboxylic acids is 1. The van der Waals surface area contributed by atoms with Crippen molar-refractivity contribution < 1.29 is 4.79 Å². The maximum Gasteiger partial charge on any atom is 0.274 e. The van der Waals surface area contributed by atoms with E-state index in [0.717, 1.165) is 31.4 Å². The van der Waals surface area contributed by atoms with Crippen LogP contribution in [0.15, 0.2) is 29.1 Å². The van der Waals surface area contributed by atoms with E-state index in [1.54, 1.807) is 27.8 Å². The van der Waals surface area contributed by atoms with Crippen molar-refractivity contribution in [1.82, 2.24) is 24.9 Å². The first-order valence-corrected chi connectivity index (χ1v) is 9.43. The van der Waals surface area contributed by atoms with Gasteiger partial charge in [-0.25, -0.2) is 4.68 Å². The first-order chi connectivity index (χ1) is 13.0. The molecule has 0 N–H and O–H groups in total. The molecule has 142 valence electrons. The van der Waals surface area contributed by atoms with Crippen LogP contribution >= 0.6 is 0 Å². The van der Waals surface area contributed by atoms with Crippen molar-refractivity contribution >= 4 is 11.7 Å². The molecule has 0 radical (unpaired) electrons. The van der Waals surface area contributed by atoms with Crippen LogP contribution in [0.2, 0.25) is 0 Å². The van der Waals surface area contributed by atoms with Gasteiger partial charge in [0.15, 0.2) is 11.5 Å². The number of piperidine rings is 1. The Morgan fingerprint density at radius 1 is 1.04 bits per heavy atom. The number of aromatic nitrogens is 4. The van der Waals surface area contributed by atoms with Gasteiger partial charge in [-0.1, -0.05) is 0 Å². The van der Waals surface area contributed by atoms with E-state index >= 15 is 0 Å². The van der Waals surface area contributed by atoms with Gasteiger partial charge >= 0.3 is 0 Å². The second-order valence-electron chi connectivity index (χ2n) is 7.51. The molecule has 1 saturated carbocycles. The number of nitrogens with zero attached hydrogens (tertiary/aromatic N) is 6. The zero-order chi connectivity index (χ0) is 19.0. The average molecular weight is 368 g/mol. The highest BCUT2D eigenvalue weighted by molar-refractivity contribution is 5.92. The predicted molar refractivity (Wildman–Crippen MR) is 101 cm³/mol. The summed E-state index contributed by atoms with van der Waals surface area (Å²) in [4.78, 5) is 28.5. The van der Waals surface area contributed by atoms with Gasteiger partial charge in [-0.3, -0.25) is 9.59 Å². The summed E-state index contributed by atoms with van der Waals surface area (Å²) in [7, 11) is 3.76. The Morgan fingerprint density at radius 3 is 2.37 bits per heavy atom. The fraction of sp³-hybridized carbons (Fsp3) is 0.526. The molecule has 4 rings (SSSR count). The standard InChI is InChI=1S/C19H24N6O2/c1-23(2)17-7-5-16(20-21-17)19(27)24-11-9-14(10-12-24)25-18(26)8-6-15(22-25)13-3-4-13/h5-8,13-14H,3-4,9-12H2,1-2H3. The summed E-state index contributed by atoms with van der Waals surface area (Å²) in [5.41, 5.74) is 1.31. The molecule has 0 unspecified atom stereocenters. The van der Waals surface area contributed by atoms with Crippen LogP contribution in [0.25, 0.3) is 0 Å². The molecule has 3 heterocycles. The first kappa shape index (κ1) is 17.6. The highest BCUT2D eigenvalue weighted by atomic mass is 16.2. The van der Waals surface area contributed by atoms with Crippen molar-refractivity contribution in [2.24, 2.45) is 0 Å². The number of amides is 1. The van der Waals surface area contributed by atoms with E-state index in [4.69, 9.17) is 0 Å². The second kappa shape index (κ2) is 7.09. The largest absolute Gasteiger partial charge is 0.361 e.